The lowest BCUT2D eigenvalue weighted by Crippen LogP contribution is -2.51. The van der Waals surface area contributed by atoms with Crippen molar-refractivity contribution in [3.05, 3.63) is 0 Å². The van der Waals surface area contributed by atoms with Gasteiger partial charge in [0.05, 0.1) is 0 Å². The highest BCUT2D eigenvalue weighted by Gasteiger charge is 2.39. The zero-order chi connectivity index (χ0) is 12.6. The Morgan fingerprint density at radius 2 is 1.78 bits per heavy atom. The number of hydrogen-bond acceptors (Lipinski definition) is 2. The summed E-state index contributed by atoms with van der Waals surface area (Å²) in [6.07, 6.45) is 8.86. The number of piperidine rings is 2. The van der Waals surface area contributed by atoms with Gasteiger partial charge < -0.3 is 9.80 Å². The van der Waals surface area contributed by atoms with E-state index in [0.29, 0.717) is 5.41 Å². The molecule has 104 valence electrons. The van der Waals surface area contributed by atoms with Gasteiger partial charge in [-0.25, -0.2) is 0 Å². The molecule has 3 fully saturated rings. The fourth-order valence-electron chi connectivity index (χ4n) is 4.05. The SMILES string of the molecule is CC(C)N1CCC2(CCCN(CC3CC3)C2)CC1. The summed E-state index contributed by atoms with van der Waals surface area (Å²) >= 11 is 0. The molecule has 0 atom stereocenters. The molecule has 2 aliphatic heterocycles. The second-order valence-electron chi connectivity index (χ2n) is 7.41. The van der Waals surface area contributed by atoms with Gasteiger partial charge in [-0.3, -0.25) is 0 Å². The summed E-state index contributed by atoms with van der Waals surface area (Å²) in [5, 5.41) is 0. The Morgan fingerprint density at radius 3 is 2.39 bits per heavy atom. The maximum atomic E-state index is 2.80. The van der Waals surface area contributed by atoms with E-state index in [1.165, 1.54) is 71.2 Å². The second kappa shape index (κ2) is 5.13. The molecule has 0 unspecified atom stereocenters. The van der Waals surface area contributed by atoms with Gasteiger partial charge in [0, 0.05) is 19.1 Å². The molecular formula is C16H30N2. The van der Waals surface area contributed by atoms with Crippen LogP contribution in [0, 0.1) is 11.3 Å². The molecule has 1 aliphatic carbocycles. The Balaban J connectivity index is 1.54. The summed E-state index contributed by atoms with van der Waals surface area (Å²) in [4.78, 5) is 5.47. The van der Waals surface area contributed by atoms with Crippen LogP contribution in [0.25, 0.3) is 0 Å². The van der Waals surface area contributed by atoms with E-state index in [4.69, 9.17) is 0 Å². The van der Waals surface area contributed by atoms with Crippen LogP contribution in [0.4, 0.5) is 0 Å². The molecule has 1 saturated carbocycles. The van der Waals surface area contributed by atoms with Gasteiger partial charge in [-0.15, -0.1) is 0 Å². The molecular weight excluding hydrogens is 220 g/mol. The van der Waals surface area contributed by atoms with Crippen LogP contribution in [0.15, 0.2) is 0 Å². The highest BCUT2D eigenvalue weighted by molar-refractivity contribution is 4.93. The van der Waals surface area contributed by atoms with Crippen LogP contribution in [-0.4, -0.2) is 48.6 Å². The van der Waals surface area contributed by atoms with Gasteiger partial charge in [0.1, 0.15) is 0 Å². The average Bonchev–Trinajstić information content (AvgIpc) is 3.14. The highest BCUT2D eigenvalue weighted by Crippen LogP contribution is 2.41. The van der Waals surface area contributed by atoms with E-state index in [9.17, 15) is 0 Å². The molecule has 2 heterocycles. The Morgan fingerprint density at radius 1 is 1.06 bits per heavy atom. The minimum Gasteiger partial charge on any atom is -0.303 e. The van der Waals surface area contributed by atoms with Gasteiger partial charge in [0.15, 0.2) is 0 Å². The van der Waals surface area contributed by atoms with Crippen molar-refractivity contribution < 1.29 is 0 Å². The van der Waals surface area contributed by atoms with Crippen LogP contribution < -0.4 is 0 Å². The predicted molar refractivity (Wildman–Crippen MR) is 76.8 cm³/mol. The van der Waals surface area contributed by atoms with Gasteiger partial charge in [0.25, 0.3) is 0 Å². The van der Waals surface area contributed by atoms with Gasteiger partial charge in [-0.1, -0.05) is 0 Å². The van der Waals surface area contributed by atoms with Crippen LogP contribution in [0.2, 0.25) is 0 Å². The number of nitrogens with zero attached hydrogens (tertiary/aromatic N) is 2. The summed E-state index contributed by atoms with van der Waals surface area (Å²) in [5.74, 6) is 1.07. The summed E-state index contributed by atoms with van der Waals surface area (Å²) < 4.78 is 0. The minimum atomic E-state index is 0.693. The molecule has 0 radical (unpaired) electrons. The topological polar surface area (TPSA) is 6.48 Å². The summed E-state index contributed by atoms with van der Waals surface area (Å²) in [6, 6.07) is 0.744. The smallest absolute Gasteiger partial charge is 0.00390 e. The average molecular weight is 250 g/mol. The van der Waals surface area contributed by atoms with E-state index in [2.05, 4.69) is 23.6 Å². The summed E-state index contributed by atoms with van der Waals surface area (Å²) in [5.41, 5.74) is 0.693. The zero-order valence-corrected chi connectivity index (χ0v) is 12.3. The van der Waals surface area contributed by atoms with E-state index < -0.39 is 0 Å². The molecule has 0 aromatic rings. The fraction of sp³-hybridized carbons (Fsp3) is 1.00. The van der Waals surface area contributed by atoms with Gasteiger partial charge in [0.2, 0.25) is 0 Å². The Bertz CT molecular complexity index is 275. The molecule has 2 heteroatoms. The van der Waals surface area contributed by atoms with Crippen molar-refractivity contribution >= 4 is 0 Å². The largest absolute Gasteiger partial charge is 0.303 e. The lowest BCUT2D eigenvalue weighted by atomic mass is 9.72. The van der Waals surface area contributed by atoms with Crippen LogP contribution >= 0.6 is 0 Å². The third-order valence-electron chi connectivity index (χ3n) is 5.54. The molecule has 3 rings (SSSR count). The monoisotopic (exact) mass is 250 g/mol. The van der Waals surface area contributed by atoms with Crippen LogP contribution in [0.3, 0.4) is 0 Å². The first kappa shape index (κ1) is 12.9. The van der Waals surface area contributed by atoms with Gasteiger partial charge in [-0.2, -0.15) is 0 Å². The molecule has 1 spiro atoms. The quantitative estimate of drug-likeness (QED) is 0.760. The molecule has 0 N–H and O–H groups in total. The van der Waals surface area contributed by atoms with Crippen molar-refractivity contribution in [2.45, 2.75) is 58.4 Å². The molecule has 0 aromatic heterocycles. The zero-order valence-electron chi connectivity index (χ0n) is 12.3. The van der Waals surface area contributed by atoms with Crippen molar-refractivity contribution in [3.63, 3.8) is 0 Å². The summed E-state index contributed by atoms with van der Waals surface area (Å²) in [6.45, 7) is 11.6. The minimum absolute atomic E-state index is 0.693. The van der Waals surface area contributed by atoms with Crippen molar-refractivity contribution in [1.29, 1.82) is 0 Å². The summed E-state index contributed by atoms with van der Waals surface area (Å²) in [7, 11) is 0. The number of rotatable bonds is 3. The molecule has 0 amide bonds. The first-order valence-electron chi connectivity index (χ1n) is 8.13. The highest BCUT2D eigenvalue weighted by atomic mass is 15.2. The Labute approximate surface area is 113 Å². The van der Waals surface area contributed by atoms with Crippen molar-refractivity contribution in [2.24, 2.45) is 11.3 Å². The lowest BCUT2D eigenvalue weighted by Gasteiger charge is -2.48. The van der Waals surface area contributed by atoms with Crippen molar-refractivity contribution in [2.75, 3.05) is 32.7 Å². The maximum absolute atomic E-state index is 2.80. The van der Waals surface area contributed by atoms with Crippen molar-refractivity contribution in [3.8, 4) is 0 Å². The van der Waals surface area contributed by atoms with E-state index >= 15 is 0 Å². The van der Waals surface area contributed by atoms with Crippen LogP contribution in [0.1, 0.15) is 52.4 Å². The lowest BCUT2D eigenvalue weighted by molar-refractivity contribution is 0.0138. The third kappa shape index (κ3) is 2.91. The molecule has 0 bridgehead atoms. The first-order valence-corrected chi connectivity index (χ1v) is 8.13. The Hall–Kier alpha value is -0.0800. The molecule has 3 aliphatic rings. The Kier molecular flexibility index (Phi) is 3.68. The normalized spacial score (nSPS) is 30.2. The van der Waals surface area contributed by atoms with Crippen molar-refractivity contribution in [1.82, 2.24) is 9.80 Å². The number of hydrogen-bond donors (Lipinski definition) is 0. The molecule has 0 aromatic carbocycles. The number of likely N-dealkylation sites (tertiary alicyclic amines) is 2. The standard InChI is InChI=1S/C16H30N2/c1-14(2)18-10-7-16(8-11-18)6-3-9-17(13-16)12-15-4-5-15/h14-15H,3-13H2,1-2H3. The molecule has 18 heavy (non-hydrogen) atoms. The molecule has 2 saturated heterocycles. The van der Waals surface area contributed by atoms with E-state index in [-0.39, 0.29) is 0 Å². The van der Waals surface area contributed by atoms with Crippen LogP contribution in [-0.2, 0) is 0 Å². The second-order valence-corrected chi connectivity index (χ2v) is 7.41. The predicted octanol–water partition coefficient (Wildman–Crippen LogP) is 2.98. The van der Waals surface area contributed by atoms with Crippen LogP contribution in [0.5, 0.6) is 0 Å². The molecule has 2 nitrogen and oxygen atoms in total. The fourth-order valence-corrected chi connectivity index (χ4v) is 4.05. The maximum Gasteiger partial charge on any atom is 0.00390 e. The third-order valence-corrected chi connectivity index (χ3v) is 5.54. The van der Waals surface area contributed by atoms with E-state index in [0.717, 1.165) is 12.0 Å². The van der Waals surface area contributed by atoms with E-state index in [1.54, 1.807) is 0 Å². The van der Waals surface area contributed by atoms with Gasteiger partial charge >= 0.3 is 0 Å². The van der Waals surface area contributed by atoms with E-state index in [1.807, 2.05) is 0 Å². The van der Waals surface area contributed by atoms with Gasteiger partial charge in [-0.05, 0) is 83.3 Å². The first-order chi connectivity index (χ1) is 8.67.